The molecule has 0 N–H and O–H groups in total. The van der Waals surface area contributed by atoms with Crippen LogP contribution in [0.1, 0.15) is 11.7 Å². The fraction of sp³-hybridized carbons (Fsp3) is 0.400. The molecule has 0 bridgehead atoms. The molecule has 0 aromatic heterocycles. The summed E-state index contributed by atoms with van der Waals surface area (Å²) in [4.78, 5) is 1.97. The van der Waals surface area contributed by atoms with Crippen molar-refractivity contribution in [3.8, 4) is 0 Å². The number of rotatable bonds is 2. The van der Waals surface area contributed by atoms with Crippen molar-refractivity contribution in [1.82, 2.24) is 0 Å². The highest BCUT2D eigenvalue weighted by Gasteiger charge is 2.28. The molecule has 1 aromatic carbocycles. The van der Waals surface area contributed by atoms with Crippen LogP contribution < -0.4 is 4.90 Å². The highest BCUT2D eigenvalue weighted by Crippen LogP contribution is 2.36. The maximum absolute atomic E-state index is 12.9. The third kappa shape index (κ3) is 1.65. The van der Waals surface area contributed by atoms with Crippen molar-refractivity contribution < 1.29 is 9.13 Å². The number of benzene rings is 1. The Morgan fingerprint density at radius 2 is 2.15 bits per heavy atom. The summed E-state index contributed by atoms with van der Waals surface area (Å²) in [7, 11) is 3.89. The van der Waals surface area contributed by atoms with Crippen LogP contribution in [-0.2, 0) is 4.74 Å². The van der Waals surface area contributed by atoms with E-state index in [1.807, 2.05) is 19.0 Å². The number of hydrogen-bond donors (Lipinski definition) is 0. The third-order valence-electron chi connectivity index (χ3n) is 2.15. The molecule has 0 radical (unpaired) electrons. The lowest BCUT2D eigenvalue weighted by Gasteiger charge is -2.16. The second-order valence-electron chi connectivity index (χ2n) is 3.42. The molecule has 2 rings (SSSR count). The first-order valence-electron chi connectivity index (χ1n) is 4.27. The smallest absolute Gasteiger partial charge is 0.123 e. The van der Waals surface area contributed by atoms with Gasteiger partial charge in [-0.25, -0.2) is 4.39 Å². The fourth-order valence-electron chi connectivity index (χ4n) is 1.42. The van der Waals surface area contributed by atoms with Crippen molar-refractivity contribution in [3.05, 3.63) is 29.6 Å². The van der Waals surface area contributed by atoms with Crippen LogP contribution in [0.25, 0.3) is 0 Å². The largest absolute Gasteiger partial charge is 0.377 e. The molecular weight excluding hydrogens is 169 g/mol. The average molecular weight is 181 g/mol. The summed E-state index contributed by atoms with van der Waals surface area (Å²) < 4.78 is 18.1. The maximum atomic E-state index is 12.9. The molecule has 70 valence electrons. The van der Waals surface area contributed by atoms with Gasteiger partial charge in [-0.3, -0.25) is 0 Å². The van der Waals surface area contributed by atoms with Gasteiger partial charge < -0.3 is 9.64 Å². The van der Waals surface area contributed by atoms with Crippen molar-refractivity contribution in [2.45, 2.75) is 6.10 Å². The molecule has 0 unspecified atom stereocenters. The first-order valence-corrected chi connectivity index (χ1v) is 4.27. The van der Waals surface area contributed by atoms with Crippen molar-refractivity contribution in [2.75, 3.05) is 25.6 Å². The molecule has 1 fully saturated rings. The lowest BCUT2D eigenvalue weighted by molar-refractivity contribution is 0.415. The molecule has 1 aromatic rings. The van der Waals surface area contributed by atoms with E-state index in [2.05, 4.69) is 0 Å². The zero-order valence-electron chi connectivity index (χ0n) is 7.75. The van der Waals surface area contributed by atoms with Crippen LogP contribution in [0, 0.1) is 5.82 Å². The van der Waals surface area contributed by atoms with Gasteiger partial charge in [-0.05, 0) is 18.2 Å². The van der Waals surface area contributed by atoms with Gasteiger partial charge in [0.05, 0.1) is 6.61 Å². The Morgan fingerprint density at radius 1 is 1.46 bits per heavy atom. The first kappa shape index (κ1) is 8.51. The summed E-state index contributed by atoms with van der Waals surface area (Å²) in [6, 6.07) is 4.81. The molecule has 0 saturated carbocycles. The summed E-state index contributed by atoms with van der Waals surface area (Å²) in [5.41, 5.74) is 1.98. The van der Waals surface area contributed by atoms with Crippen LogP contribution in [0.5, 0.6) is 0 Å². The van der Waals surface area contributed by atoms with Gasteiger partial charge in [0.25, 0.3) is 0 Å². The second-order valence-corrected chi connectivity index (χ2v) is 3.42. The van der Waals surface area contributed by atoms with E-state index in [-0.39, 0.29) is 11.9 Å². The highest BCUT2D eigenvalue weighted by atomic mass is 19.1. The third-order valence-corrected chi connectivity index (χ3v) is 2.15. The van der Waals surface area contributed by atoms with Crippen LogP contribution in [0.15, 0.2) is 18.2 Å². The Labute approximate surface area is 76.9 Å². The number of hydrogen-bond acceptors (Lipinski definition) is 2. The minimum absolute atomic E-state index is 0.105. The standard InChI is InChI=1S/C10H12FNO/c1-12(2)9-4-3-7(11)5-8(9)10-6-13-10/h3-5,10H,6H2,1-2H3/t10-/m1/s1. The summed E-state index contributed by atoms with van der Waals surface area (Å²) >= 11 is 0. The average Bonchev–Trinajstić information content (AvgIpc) is 2.85. The quantitative estimate of drug-likeness (QED) is 0.648. The zero-order chi connectivity index (χ0) is 9.42. The Balaban J connectivity index is 2.42. The normalized spacial score (nSPS) is 20.1. The summed E-state index contributed by atoms with van der Waals surface area (Å²) in [6.45, 7) is 0.713. The molecule has 0 amide bonds. The van der Waals surface area contributed by atoms with Gasteiger partial charge in [-0.15, -0.1) is 0 Å². The lowest BCUT2D eigenvalue weighted by Crippen LogP contribution is -2.11. The summed E-state index contributed by atoms with van der Waals surface area (Å²) in [5.74, 6) is -0.198. The van der Waals surface area contributed by atoms with E-state index in [4.69, 9.17) is 4.74 Å². The minimum Gasteiger partial charge on any atom is -0.377 e. The molecule has 0 aliphatic carbocycles. The Kier molecular flexibility index (Phi) is 1.96. The molecule has 1 saturated heterocycles. The number of nitrogens with zero attached hydrogens (tertiary/aromatic N) is 1. The molecule has 1 atom stereocenters. The monoisotopic (exact) mass is 181 g/mol. The van der Waals surface area contributed by atoms with E-state index in [1.165, 1.54) is 6.07 Å². The van der Waals surface area contributed by atoms with E-state index in [0.717, 1.165) is 11.3 Å². The number of anilines is 1. The van der Waals surface area contributed by atoms with Crippen molar-refractivity contribution in [2.24, 2.45) is 0 Å². The van der Waals surface area contributed by atoms with Crippen LogP contribution >= 0.6 is 0 Å². The van der Waals surface area contributed by atoms with E-state index in [1.54, 1.807) is 12.1 Å². The van der Waals surface area contributed by atoms with Crippen LogP contribution in [-0.4, -0.2) is 20.7 Å². The second kappa shape index (κ2) is 3.00. The van der Waals surface area contributed by atoms with E-state index in [0.29, 0.717) is 6.61 Å². The van der Waals surface area contributed by atoms with Crippen LogP contribution in [0.4, 0.5) is 10.1 Å². The SMILES string of the molecule is CN(C)c1ccc(F)cc1[C@H]1CO1. The van der Waals surface area contributed by atoms with Gasteiger partial charge in [0, 0.05) is 25.3 Å². The predicted octanol–water partition coefficient (Wildman–Crippen LogP) is 1.96. The van der Waals surface area contributed by atoms with Crippen molar-refractivity contribution >= 4 is 5.69 Å². The Hall–Kier alpha value is -1.09. The molecular formula is C10H12FNO. The molecule has 1 aliphatic heterocycles. The van der Waals surface area contributed by atoms with E-state index >= 15 is 0 Å². The molecule has 1 aliphatic rings. The van der Waals surface area contributed by atoms with Crippen LogP contribution in [0.3, 0.4) is 0 Å². The predicted molar refractivity (Wildman–Crippen MR) is 49.4 cm³/mol. The van der Waals surface area contributed by atoms with Crippen molar-refractivity contribution in [3.63, 3.8) is 0 Å². The fourth-order valence-corrected chi connectivity index (χ4v) is 1.42. The van der Waals surface area contributed by atoms with E-state index in [9.17, 15) is 4.39 Å². The number of halogens is 1. The summed E-state index contributed by atoms with van der Waals surface area (Å²) in [6.07, 6.45) is 0.105. The van der Waals surface area contributed by atoms with Gasteiger partial charge in [0.2, 0.25) is 0 Å². The maximum Gasteiger partial charge on any atom is 0.123 e. The zero-order valence-corrected chi connectivity index (χ0v) is 7.75. The lowest BCUT2D eigenvalue weighted by atomic mass is 10.1. The van der Waals surface area contributed by atoms with E-state index < -0.39 is 0 Å². The molecule has 3 heteroatoms. The Bertz CT molecular complexity index is 321. The van der Waals surface area contributed by atoms with Gasteiger partial charge in [-0.1, -0.05) is 0 Å². The first-order chi connectivity index (χ1) is 6.18. The summed E-state index contributed by atoms with van der Waals surface area (Å²) in [5, 5.41) is 0. The van der Waals surface area contributed by atoms with Gasteiger partial charge in [-0.2, -0.15) is 0 Å². The highest BCUT2D eigenvalue weighted by molar-refractivity contribution is 5.54. The van der Waals surface area contributed by atoms with Crippen molar-refractivity contribution in [1.29, 1.82) is 0 Å². The van der Waals surface area contributed by atoms with Gasteiger partial charge >= 0.3 is 0 Å². The van der Waals surface area contributed by atoms with Gasteiger partial charge in [0.1, 0.15) is 11.9 Å². The van der Waals surface area contributed by atoms with Crippen LogP contribution in [0.2, 0.25) is 0 Å². The molecule has 2 nitrogen and oxygen atoms in total. The molecule has 13 heavy (non-hydrogen) atoms. The number of epoxide rings is 1. The molecule has 1 heterocycles. The molecule has 0 spiro atoms. The topological polar surface area (TPSA) is 15.8 Å². The Morgan fingerprint density at radius 3 is 2.69 bits per heavy atom. The van der Waals surface area contributed by atoms with Gasteiger partial charge in [0.15, 0.2) is 0 Å². The minimum atomic E-state index is -0.198. The number of ether oxygens (including phenoxy) is 1.